The highest BCUT2D eigenvalue weighted by atomic mass is 14.9. The second-order valence-corrected chi connectivity index (χ2v) is 10.8. The van der Waals surface area contributed by atoms with E-state index in [0.717, 1.165) is 55.6 Å². The number of hydrogen-bond acceptors (Lipinski definition) is 3. The third-order valence-electron chi connectivity index (χ3n) is 8.09. The minimum absolute atomic E-state index is 0.710. The van der Waals surface area contributed by atoms with Crippen molar-refractivity contribution in [1.29, 1.82) is 0 Å². The molecular weight excluding hydrogens is 534 g/mol. The second kappa shape index (κ2) is 11.0. The Morgan fingerprint density at radius 2 is 0.864 bits per heavy atom. The molecule has 44 heavy (non-hydrogen) atoms. The molecule has 3 heteroatoms. The van der Waals surface area contributed by atoms with Crippen molar-refractivity contribution < 1.29 is 0 Å². The molecule has 0 radical (unpaired) electrons. The third-order valence-corrected chi connectivity index (χ3v) is 8.09. The summed E-state index contributed by atoms with van der Waals surface area (Å²) in [5.41, 5.74) is 10.3. The largest absolute Gasteiger partial charge is 0.247 e. The monoisotopic (exact) mass is 561 g/mol. The first-order valence-corrected chi connectivity index (χ1v) is 14.8. The van der Waals surface area contributed by atoms with Crippen LogP contribution >= 0.6 is 0 Å². The molecule has 0 aliphatic rings. The number of rotatable bonds is 5. The normalized spacial score (nSPS) is 11.2. The van der Waals surface area contributed by atoms with E-state index in [-0.39, 0.29) is 0 Å². The fourth-order valence-corrected chi connectivity index (χ4v) is 5.95. The molecule has 8 aromatic rings. The lowest BCUT2D eigenvalue weighted by molar-refractivity contribution is 1.18. The van der Waals surface area contributed by atoms with Gasteiger partial charge in [0.15, 0.2) is 5.82 Å². The lowest BCUT2D eigenvalue weighted by Crippen LogP contribution is -1.96. The van der Waals surface area contributed by atoms with Gasteiger partial charge in [0.05, 0.1) is 22.6 Å². The molecule has 6 aromatic carbocycles. The maximum Gasteiger partial charge on any atom is 0.160 e. The summed E-state index contributed by atoms with van der Waals surface area (Å²) in [6.45, 7) is 0. The highest BCUT2D eigenvalue weighted by Crippen LogP contribution is 2.39. The van der Waals surface area contributed by atoms with E-state index < -0.39 is 0 Å². The number of aromatic nitrogens is 3. The zero-order valence-corrected chi connectivity index (χ0v) is 23.9. The van der Waals surface area contributed by atoms with Crippen LogP contribution < -0.4 is 0 Å². The summed E-state index contributed by atoms with van der Waals surface area (Å²) >= 11 is 0. The lowest BCUT2D eigenvalue weighted by Gasteiger charge is -2.14. The first-order chi connectivity index (χ1) is 21.8. The number of fused-ring (bicyclic) bond motifs is 3. The van der Waals surface area contributed by atoms with Crippen molar-refractivity contribution in [2.45, 2.75) is 0 Å². The number of hydrogen-bond donors (Lipinski definition) is 0. The van der Waals surface area contributed by atoms with Gasteiger partial charge >= 0.3 is 0 Å². The fourth-order valence-electron chi connectivity index (χ4n) is 5.95. The molecule has 0 bridgehead atoms. The van der Waals surface area contributed by atoms with Gasteiger partial charge in [0.25, 0.3) is 0 Å². The standard InChI is InChI=1S/C41H27N3/c1-4-13-28(14-5-1)33-20-12-21-35-39(33)34-19-10-11-22-36(34)42-40(35)31-25-23-30(24-26-31)38-27-37(29-15-6-2-7-16-29)43-41(44-38)32-17-8-3-9-18-32/h1-27H. The highest BCUT2D eigenvalue weighted by molar-refractivity contribution is 6.17. The minimum Gasteiger partial charge on any atom is -0.247 e. The Labute approximate surface area is 256 Å². The van der Waals surface area contributed by atoms with Crippen LogP contribution in [0.25, 0.3) is 78.0 Å². The molecule has 0 spiro atoms. The Morgan fingerprint density at radius 3 is 1.55 bits per heavy atom. The summed E-state index contributed by atoms with van der Waals surface area (Å²) in [5, 5.41) is 3.52. The SMILES string of the molecule is c1ccc(-c2cc(-c3ccc(-c4nc5ccccc5c5c(-c6ccccc6)cccc45)cc3)nc(-c3ccccc3)n2)cc1. The van der Waals surface area contributed by atoms with E-state index in [2.05, 4.69) is 127 Å². The van der Waals surface area contributed by atoms with Gasteiger partial charge in [0.1, 0.15) is 0 Å². The van der Waals surface area contributed by atoms with Crippen molar-refractivity contribution in [2.24, 2.45) is 0 Å². The van der Waals surface area contributed by atoms with Crippen LogP contribution in [0.1, 0.15) is 0 Å². The molecule has 3 nitrogen and oxygen atoms in total. The average molecular weight is 562 g/mol. The van der Waals surface area contributed by atoms with Crippen LogP contribution in [0.5, 0.6) is 0 Å². The molecule has 8 rings (SSSR count). The van der Waals surface area contributed by atoms with Crippen molar-refractivity contribution in [3.05, 3.63) is 164 Å². The maximum absolute atomic E-state index is 5.19. The molecule has 0 aliphatic carbocycles. The highest BCUT2D eigenvalue weighted by Gasteiger charge is 2.15. The van der Waals surface area contributed by atoms with E-state index in [1.54, 1.807) is 0 Å². The van der Waals surface area contributed by atoms with Gasteiger partial charge < -0.3 is 0 Å². The number of pyridine rings is 1. The van der Waals surface area contributed by atoms with Gasteiger partial charge in [-0.05, 0) is 23.3 Å². The van der Waals surface area contributed by atoms with Crippen LogP contribution in [0.4, 0.5) is 0 Å². The van der Waals surface area contributed by atoms with E-state index in [1.807, 2.05) is 36.4 Å². The molecule has 0 saturated heterocycles. The van der Waals surface area contributed by atoms with Crippen molar-refractivity contribution in [1.82, 2.24) is 15.0 Å². The van der Waals surface area contributed by atoms with Crippen LogP contribution in [0.2, 0.25) is 0 Å². The first-order valence-electron chi connectivity index (χ1n) is 14.8. The van der Waals surface area contributed by atoms with Gasteiger partial charge in [-0.15, -0.1) is 0 Å². The summed E-state index contributed by atoms with van der Waals surface area (Å²) in [7, 11) is 0. The quantitative estimate of drug-likeness (QED) is 0.196. The van der Waals surface area contributed by atoms with Gasteiger partial charge in [0.2, 0.25) is 0 Å². The van der Waals surface area contributed by atoms with Crippen LogP contribution in [-0.4, -0.2) is 15.0 Å². The Hall–Kier alpha value is -5.93. The molecular formula is C41H27N3. The second-order valence-electron chi connectivity index (χ2n) is 10.8. The predicted molar refractivity (Wildman–Crippen MR) is 182 cm³/mol. The van der Waals surface area contributed by atoms with Crippen LogP contribution in [-0.2, 0) is 0 Å². The molecule has 0 amide bonds. The van der Waals surface area contributed by atoms with Crippen molar-refractivity contribution in [3.63, 3.8) is 0 Å². The van der Waals surface area contributed by atoms with E-state index >= 15 is 0 Å². The molecule has 0 unspecified atom stereocenters. The van der Waals surface area contributed by atoms with Crippen molar-refractivity contribution in [3.8, 4) is 56.3 Å². The van der Waals surface area contributed by atoms with Gasteiger partial charge in [-0.1, -0.05) is 152 Å². The molecule has 206 valence electrons. The molecule has 2 heterocycles. The molecule has 0 N–H and O–H groups in total. The Kier molecular flexibility index (Phi) is 6.47. The van der Waals surface area contributed by atoms with Crippen molar-refractivity contribution >= 4 is 21.7 Å². The topological polar surface area (TPSA) is 38.7 Å². The van der Waals surface area contributed by atoms with Crippen LogP contribution in [0.3, 0.4) is 0 Å². The van der Waals surface area contributed by atoms with E-state index in [9.17, 15) is 0 Å². The Balaban J connectivity index is 1.27. The molecule has 0 atom stereocenters. The number of para-hydroxylation sites is 1. The van der Waals surface area contributed by atoms with Crippen LogP contribution in [0, 0.1) is 0 Å². The van der Waals surface area contributed by atoms with E-state index in [1.165, 1.54) is 16.5 Å². The van der Waals surface area contributed by atoms with Gasteiger partial charge in [-0.3, -0.25) is 0 Å². The zero-order valence-electron chi connectivity index (χ0n) is 23.9. The Bertz CT molecular complexity index is 2190. The third kappa shape index (κ3) is 4.71. The Morgan fingerprint density at radius 1 is 0.341 bits per heavy atom. The van der Waals surface area contributed by atoms with Crippen molar-refractivity contribution in [2.75, 3.05) is 0 Å². The number of nitrogens with zero attached hydrogens (tertiary/aromatic N) is 3. The van der Waals surface area contributed by atoms with Crippen LogP contribution in [0.15, 0.2) is 164 Å². The van der Waals surface area contributed by atoms with E-state index in [4.69, 9.17) is 15.0 Å². The minimum atomic E-state index is 0.710. The summed E-state index contributed by atoms with van der Waals surface area (Å²) in [6, 6.07) is 56.7. The fraction of sp³-hybridized carbons (Fsp3) is 0. The molecule has 0 saturated carbocycles. The summed E-state index contributed by atoms with van der Waals surface area (Å²) in [6.07, 6.45) is 0. The molecule has 2 aromatic heterocycles. The maximum atomic E-state index is 5.19. The smallest absolute Gasteiger partial charge is 0.160 e. The van der Waals surface area contributed by atoms with Gasteiger partial charge in [-0.25, -0.2) is 15.0 Å². The summed E-state index contributed by atoms with van der Waals surface area (Å²) < 4.78 is 0. The summed E-state index contributed by atoms with van der Waals surface area (Å²) in [5.74, 6) is 0.710. The van der Waals surface area contributed by atoms with Gasteiger partial charge in [0, 0.05) is 38.4 Å². The summed E-state index contributed by atoms with van der Waals surface area (Å²) in [4.78, 5) is 15.1. The molecule has 0 aliphatic heterocycles. The van der Waals surface area contributed by atoms with Gasteiger partial charge in [-0.2, -0.15) is 0 Å². The van der Waals surface area contributed by atoms with E-state index in [0.29, 0.717) is 5.82 Å². The first kappa shape index (κ1) is 25.8. The lowest BCUT2D eigenvalue weighted by atomic mass is 9.93. The molecule has 0 fully saturated rings. The predicted octanol–water partition coefficient (Wildman–Crippen LogP) is 10.5. The average Bonchev–Trinajstić information content (AvgIpc) is 3.12. The zero-order chi connectivity index (χ0) is 29.3. The number of benzene rings is 6.